The summed E-state index contributed by atoms with van der Waals surface area (Å²) in [5, 5.41) is 0. The molecule has 8 rings (SSSR count). The summed E-state index contributed by atoms with van der Waals surface area (Å²) in [6, 6.07) is 0. The standard InChI is InChI=1S/C19H32O2.C16H26O2.C10H20O2/c1-6-17(2,3)16(20)21-18(4,5)19-10-13-7-14(11-19)9-15(8-13)12-19;1-4-15(2,3)14(17)18-16-8-11-5-12(9-16)7-13(6-11)10-16;1-7-10(5,6)8(11)12-9(2,3)4/h13-15H,6-12H2,1-5H3;11-13H,4-10H2,1-3H3;7H2,1-6H3. The van der Waals surface area contributed by atoms with E-state index in [0.29, 0.717) is 0 Å². The smallest absolute Gasteiger partial charge is 0.312 e. The van der Waals surface area contributed by atoms with Gasteiger partial charge in [0.05, 0.1) is 16.2 Å². The van der Waals surface area contributed by atoms with Gasteiger partial charge in [-0.25, -0.2) is 0 Å². The lowest BCUT2D eigenvalue weighted by molar-refractivity contribution is -0.206. The average molecular weight is 715 g/mol. The summed E-state index contributed by atoms with van der Waals surface area (Å²) < 4.78 is 17.5. The van der Waals surface area contributed by atoms with E-state index in [2.05, 4.69) is 27.7 Å². The predicted molar refractivity (Wildman–Crippen MR) is 206 cm³/mol. The second-order valence-electron chi connectivity index (χ2n) is 21.8. The molecule has 0 aromatic rings. The third-order valence-corrected chi connectivity index (χ3v) is 14.7. The predicted octanol–water partition coefficient (Wildman–Crippen LogP) is 11.7. The minimum atomic E-state index is -0.372. The van der Waals surface area contributed by atoms with Crippen LogP contribution in [-0.2, 0) is 28.6 Å². The molecule has 0 aromatic heterocycles. The topological polar surface area (TPSA) is 78.9 Å². The van der Waals surface area contributed by atoms with Gasteiger partial charge in [-0.05, 0) is 208 Å². The second-order valence-corrected chi connectivity index (χ2v) is 21.8. The third kappa shape index (κ3) is 9.75. The fraction of sp³-hybridized carbons (Fsp3) is 0.933. The van der Waals surface area contributed by atoms with Crippen LogP contribution in [0.1, 0.15) is 193 Å². The third-order valence-electron chi connectivity index (χ3n) is 14.7. The fourth-order valence-corrected chi connectivity index (χ4v) is 10.7. The lowest BCUT2D eigenvalue weighted by atomic mass is 9.46. The molecule has 8 fully saturated rings. The lowest BCUT2D eigenvalue weighted by Crippen LogP contribution is -2.58. The number of hydrogen-bond donors (Lipinski definition) is 0. The van der Waals surface area contributed by atoms with Gasteiger partial charge in [0.15, 0.2) is 0 Å². The fourth-order valence-electron chi connectivity index (χ4n) is 10.7. The van der Waals surface area contributed by atoms with Crippen LogP contribution in [0.2, 0.25) is 0 Å². The molecular formula is C45H78O6. The largest absolute Gasteiger partial charge is 0.460 e. The van der Waals surface area contributed by atoms with Crippen LogP contribution in [0.4, 0.5) is 0 Å². The molecular weight excluding hydrogens is 636 g/mol. The quantitative estimate of drug-likeness (QED) is 0.175. The molecule has 0 atom stereocenters. The zero-order valence-corrected chi connectivity index (χ0v) is 35.5. The highest BCUT2D eigenvalue weighted by Gasteiger charge is 2.59. The minimum absolute atomic E-state index is 0.00857. The average Bonchev–Trinajstić information content (AvgIpc) is 2.99. The van der Waals surface area contributed by atoms with Gasteiger partial charge < -0.3 is 14.2 Å². The zero-order chi connectivity index (χ0) is 38.4. The van der Waals surface area contributed by atoms with Gasteiger partial charge in [0.2, 0.25) is 0 Å². The van der Waals surface area contributed by atoms with Crippen LogP contribution in [0.5, 0.6) is 0 Å². The van der Waals surface area contributed by atoms with E-state index in [1.807, 2.05) is 69.2 Å². The molecule has 0 radical (unpaired) electrons. The first-order chi connectivity index (χ1) is 23.3. The van der Waals surface area contributed by atoms with Crippen LogP contribution < -0.4 is 0 Å². The van der Waals surface area contributed by atoms with Crippen molar-refractivity contribution in [2.24, 2.45) is 57.2 Å². The molecule has 0 saturated heterocycles. The molecule has 0 unspecified atom stereocenters. The molecule has 8 saturated carbocycles. The Morgan fingerprint density at radius 1 is 0.471 bits per heavy atom. The maximum Gasteiger partial charge on any atom is 0.312 e. The molecule has 0 N–H and O–H groups in total. The molecule has 51 heavy (non-hydrogen) atoms. The van der Waals surface area contributed by atoms with Gasteiger partial charge in [0, 0.05) is 5.41 Å². The summed E-state index contributed by atoms with van der Waals surface area (Å²) in [6.45, 7) is 28.0. The SMILES string of the molecule is CCC(C)(C)C(=O)OC(C)(C)C.CCC(C)(C)C(=O)OC(C)(C)C12CC3CC(CC(C3)C1)C2.CCC(C)(C)C(=O)OC12CC3CC(CC(C3)C1)C2. The van der Waals surface area contributed by atoms with Crippen LogP contribution in [0.15, 0.2) is 0 Å². The van der Waals surface area contributed by atoms with Crippen molar-refractivity contribution in [2.45, 2.75) is 210 Å². The number of ether oxygens (including phenoxy) is 3. The van der Waals surface area contributed by atoms with E-state index in [0.717, 1.165) is 74.0 Å². The first kappa shape index (κ1) is 42.2. The first-order valence-corrected chi connectivity index (χ1v) is 21.0. The zero-order valence-electron chi connectivity index (χ0n) is 35.5. The van der Waals surface area contributed by atoms with Gasteiger partial charge >= 0.3 is 17.9 Å². The summed E-state index contributed by atoms with van der Waals surface area (Å²) in [6.07, 6.45) is 18.3. The Morgan fingerprint density at radius 2 is 0.765 bits per heavy atom. The lowest BCUT2D eigenvalue weighted by Gasteiger charge is -2.61. The van der Waals surface area contributed by atoms with Gasteiger partial charge in [-0.3, -0.25) is 14.4 Å². The molecule has 0 amide bonds. The summed E-state index contributed by atoms with van der Waals surface area (Å²) in [5.41, 5.74) is -1.54. The van der Waals surface area contributed by atoms with E-state index in [9.17, 15) is 14.4 Å². The van der Waals surface area contributed by atoms with Crippen LogP contribution in [0, 0.1) is 57.2 Å². The Labute approximate surface area is 313 Å². The highest BCUT2D eigenvalue weighted by atomic mass is 16.6. The molecule has 0 aromatic carbocycles. The summed E-state index contributed by atoms with van der Waals surface area (Å²) in [7, 11) is 0. The summed E-state index contributed by atoms with van der Waals surface area (Å²) >= 11 is 0. The number of carbonyl (C=O) groups excluding carboxylic acids is 3. The van der Waals surface area contributed by atoms with Crippen molar-refractivity contribution in [2.75, 3.05) is 0 Å². The van der Waals surface area contributed by atoms with Crippen molar-refractivity contribution in [3.8, 4) is 0 Å². The molecule has 8 aliphatic rings. The van der Waals surface area contributed by atoms with E-state index < -0.39 is 0 Å². The van der Waals surface area contributed by atoms with Gasteiger partial charge in [0.25, 0.3) is 0 Å². The number of esters is 3. The van der Waals surface area contributed by atoms with E-state index in [1.54, 1.807) is 0 Å². The molecule has 6 heteroatoms. The molecule has 0 spiro atoms. The van der Waals surface area contributed by atoms with E-state index in [1.165, 1.54) is 57.8 Å². The normalized spacial score (nSPS) is 33.8. The van der Waals surface area contributed by atoms with Crippen molar-refractivity contribution in [3.05, 3.63) is 0 Å². The van der Waals surface area contributed by atoms with Crippen molar-refractivity contribution in [3.63, 3.8) is 0 Å². The molecule has 294 valence electrons. The number of carbonyl (C=O) groups is 3. The van der Waals surface area contributed by atoms with Crippen molar-refractivity contribution < 1.29 is 28.6 Å². The number of rotatable bonds is 9. The Hall–Kier alpha value is -1.59. The highest BCUT2D eigenvalue weighted by Crippen LogP contribution is 2.64. The minimum Gasteiger partial charge on any atom is -0.460 e. The maximum absolute atomic E-state index is 12.6. The second kappa shape index (κ2) is 14.9. The Kier molecular flexibility index (Phi) is 12.3. The van der Waals surface area contributed by atoms with Crippen LogP contribution in [0.25, 0.3) is 0 Å². The van der Waals surface area contributed by atoms with Crippen LogP contribution >= 0.6 is 0 Å². The van der Waals surface area contributed by atoms with Crippen molar-refractivity contribution in [1.82, 2.24) is 0 Å². The summed E-state index contributed by atoms with van der Waals surface area (Å²) in [4.78, 5) is 36.4. The maximum atomic E-state index is 12.6. The van der Waals surface area contributed by atoms with Gasteiger partial charge in [-0.15, -0.1) is 0 Å². The van der Waals surface area contributed by atoms with Gasteiger partial charge in [-0.1, -0.05) is 20.8 Å². The van der Waals surface area contributed by atoms with E-state index in [4.69, 9.17) is 14.2 Å². The van der Waals surface area contributed by atoms with Crippen LogP contribution in [-0.4, -0.2) is 34.7 Å². The Morgan fingerprint density at radius 3 is 1.08 bits per heavy atom. The van der Waals surface area contributed by atoms with E-state index >= 15 is 0 Å². The van der Waals surface area contributed by atoms with Gasteiger partial charge in [0.1, 0.15) is 16.8 Å². The summed E-state index contributed by atoms with van der Waals surface area (Å²) in [5.74, 6) is 5.13. The monoisotopic (exact) mass is 715 g/mol. The van der Waals surface area contributed by atoms with Gasteiger partial charge in [-0.2, -0.15) is 0 Å². The van der Waals surface area contributed by atoms with Crippen molar-refractivity contribution in [1.29, 1.82) is 0 Å². The molecule has 8 aliphatic carbocycles. The number of hydrogen-bond acceptors (Lipinski definition) is 6. The Balaban J connectivity index is 0.000000179. The molecule has 6 nitrogen and oxygen atoms in total. The van der Waals surface area contributed by atoms with Crippen LogP contribution in [0.3, 0.4) is 0 Å². The molecule has 0 aliphatic heterocycles. The first-order valence-electron chi connectivity index (χ1n) is 21.0. The van der Waals surface area contributed by atoms with Crippen molar-refractivity contribution >= 4 is 17.9 Å². The molecule has 0 heterocycles. The Bertz CT molecular complexity index is 1170. The highest BCUT2D eigenvalue weighted by molar-refractivity contribution is 5.77. The van der Waals surface area contributed by atoms with E-state index in [-0.39, 0.29) is 56.4 Å². The molecule has 8 bridgehead atoms.